The molecule has 0 spiro atoms. The van der Waals surface area contributed by atoms with Gasteiger partial charge in [0.2, 0.25) is 11.1 Å². The van der Waals surface area contributed by atoms with E-state index in [9.17, 15) is 9.18 Å². The van der Waals surface area contributed by atoms with Crippen LogP contribution in [0.5, 0.6) is 0 Å². The lowest BCUT2D eigenvalue weighted by Gasteiger charge is -2.32. The van der Waals surface area contributed by atoms with Crippen molar-refractivity contribution in [2.24, 2.45) is 0 Å². The molecule has 2 aliphatic rings. The molecule has 0 fully saturated rings. The quantitative estimate of drug-likeness (QED) is 0.635. The van der Waals surface area contributed by atoms with Gasteiger partial charge < -0.3 is 5.32 Å². The van der Waals surface area contributed by atoms with Crippen LogP contribution in [0.4, 0.5) is 10.3 Å². The Balaban J connectivity index is 1.50. The maximum absolute atomic E-state index is 13.9. The van der Waals surface area contributed by atoms with Crippen LogP contribution in [0.15, 0.2) is 71.0 Å². The topological polar surface area (TPSA) is 59.8 Å². The number of fused-ring (bicyclic) bond motifs is 1. The molecule has 1 atom stereocenters. The summed E-state index contributed by atoms with van der Waals surface area (Å²) in [5, 5.41) is 8.55. The van der Waals surface area contributed by atoms with E-state index in [0.29, 0.717) is 28.8 Å². The lowest BCUT2D eigenvalue weighted by Crippen LogP contribution is -2.31. The molecule has 0 saturated heterocycles. The van der Waals surface area contributed by atoms with E-state index in [-0.39, 0.29) is 17.6 Å². The molecule has 29 heavy (non-hydrogen) atoms. The van der Waals surface area contributed by atoms with Crippen molar-refractivity contribution in [2.75, 3.05) is 5.32 Å². The first-order valence-corrected chi connectivity index (χ1v) is 10.6. The minimum atomic E-state index is -0.287. The van der Waals surface area contributed by atoms with E-state index in [0.717, 1.165) is 29.7 Å². The van der Waals surface area contributed by atoms with E-state index >= 15 is 0 Å². The van der Waals surface area contributed by atoms with Gasteiger partial charge in [0.1, 0.15) is 11.9 Å². The number of carbonyl (C=O) groups excluding carboxylic acids is 1. The second-order valence-electron chi connectivity index (χ2n) is 7.15. The van der Waals surface area contributed by atoms with Crippen molar-refractivity contribution in [3.63, 3.8) is 0 Å². The van der Waals surface area contributed by atoms with Crippen LogP contribution in [0.25, 0.3) is 0 Å². The molecule has 2 heterocycles. The number of halogens is 1. The first kappa shape index (κ1) is 18.1. The van der Waals surface area contributed by atoms with Crippen molar-refractivity contribution >= 4 is 23.5 Å². The van der Waals surface area contributed by atoms with Gasteiger partial charge in [0.25, 0.3) is 0 Å². The molecule has 0 amide bonds. The fourth-order valence-corrected chi connectivity index (χ4v) is 4.71. The van der Waals surface area contributed by atoms with Crippen LogP contribution in [0.1, 0.15) is 36.4 Å². The Morgan fingerprint density at radius 1 is 1.10 bits per heavy atom. The number of hydrogen-bond acceptors (Lipinski definition) is 5. The Kier molecular flexibility index (Phi) is 4.67. The molecule has 7 heteroatoms. The van der Waals surface area contributed by atoms with Crippen LogP contribution in [0.3, 0.4) is 0 Å². The monoisotopic (exact) mass is 406 g/mol. The summed E-state index contributed by atoms with van der Waals surface area (Å²) in [6, 6.07) is 16.4. The highest BCUT2D eigenvalue weighted by Gasteiger charge is 2.36. The molecule has 1 N–H and O–H groups in total. The molecule has 3 aromatic rings. The van der Waals surface area contributed by atoms with Crippen molar-refractivity contribution in [1.29, 1.82) is 0 Å². The third-order valence-corrected chi connectivity index (χ3v) is 6.17. The number of nitrogens with zero attached hydrogens (tertiary/aromatic N) is 3. The second kappa shape index (κ2) is 7.48. The third-order valence-electron chi connectivity index (χ3n) is 5.28. The fraction of sp³-hybridized carbons (Fsp3) is 0.227. The Morgan fingerprint density at radius 3 is 2.72 bits per heavy atom. The fourth-order valence-electron chi connectivity index (χ4n) is 3.90. The normalized spacial score (nSPS) is 18.2. The van der Waals surface area contributed by atoms with Gasteiger partial charge in [-0.1, -0.05) is 60.3 Å². The van der Waals surface area contributed by atoms with E-state index < -0.39 is 0 Å². The average molecular weight is 406 g/mol. The molecule has 2 aromatic carbocycles. The lowest BCUT2D eigenvalue weighted by molar-refractivity contribution is -0.116. The van der Waals surface area contributed by atoms with Crippen LogP contribution in [-0.2, 0) is 10.5 Å². The molecule has 1 aliphatic carbocycles. The van der Waals surface area contributed by atoms with Gasteiger partial charge in [-0.25, -0.2) is 9.07 Å². The highest BCUT2D eigenvalue weighted by Crippen LogP contribution is 2.40. The molecular formula is C22H19FN4OS. The predicted octanol–water partition coefficient (Wildman–Crippen LogP) is 4.73. The number of allylic oxidation sites excluding steroid dienone is 2. The van der Waals surface area contributed by atoms with Crippen LogP contribution in [0.2, 0.25) is 0 Å². The van der Waals surface area contributed by atoms with E-state index in [1.807, 2.05) is 36.4 Å². The summed E-state index contributed by atoms with van der Waals surface area (Å²) < 4.78 is 15.7. The van der Waals surface area contributed by atoms with Gasteiger partial charge >= 0.3 is 0 Å². The molecule has 0 unspecified atom stereocenters. The molecule has 5 nitrogen and oxygen atoms in total. The van der Waals surface area contributed by atoms with Gasteiger partial charge in [-0.05, 0) is 30.0 Å². The second-order valence-corrected chi connectivity index (χ2v) is 8.09. The molecule has 5 rings (SSSR count). The summed E-state index contributed by atoms with van der Waals surface area (Å²) in [4.78, 5) is 17.4. The standard InChI is InChI=1S/C22H19FN4OS/c23-16-10-5-4-9-15(16)13-29-22-25-21-24-17-11-6-12-18(28)19(17)20(27(21)26-22)14-7-2-1-3-8-14/h1-5,7-10,20H,6,11-13H2,(H,24,25,26)/t20-/m0/s1. The smallest absolute Gasteiger partial charge is 0.227 e. The van der Waals surface area contributed by atoms with E-state index in [2.05, 4.69) is 15.4 Å². The van der Waals surface area contributed by atoms with Crippen molar-refractivity contribution in [3.05, 3.63) is 82.8 Å². The van der Waals surface area contributed by atoms with Crippen LogP contribution >= 0.6 is 11.8 Å². The minimum Gasteiger partial charge on any atom is -0.328 e. The Morgan fingerprint density at radius 2 is 1.90 bits per heavy atom. The predicted molar refractivity (Wildman–Crippen MR) is 110 cm³/mol. The number of hydrogen-bond donors (Lipinski definition) is 1. The van der Waals surface area contributed by atoms with Crippen LogP contribution < -0.4 is 5.32 Å². The number of nitrogens with one attached hydrogen (secondary N) is 1. The van der Waals surface area contributed by atoms with Crippen LogP contribution in [0, 0.1) is 5.82 Å². The molecular weight excluding hydrogens is 387 g/mol. The summed E-state index contributed by atoms with van der Waals surface area (Å²) in [6.07, 6.45) is 2.23. The minimum absolute atomic E-state index is 0.161. The summed E-state index contributed by atoms with van der Waals surface area (Å²) in [5.74, 6) is 1.00. The SMILES string of the molecule is O=C1CCCC2=C1[C@H](c1ccccc1)n1nc(SCc3ccccc3F)nc1N2. The zero-order valence-corrected chi connectivity index (χ0v) is 16.5. The number of Topliss-reactive ketones (excluding diaryl/α,β-unsaturated/α-hetero) is 1. The van der Waals surface area contributed by atoms with Gasteiger partial charge in [-0.3, -0.25) is 4.79 Å². The zero-order valence-electron chi connectivity index (χ0n) is 15.6. The summed E-state index contributed by atoms with van der Waals surface area (Å²) in [7, 11) is 0. The number of rotatable bonds is 4. The summed E-state index contributed by atoms with van der Waals surface area (Å²) in [6.45, 7) is 0. The Bertz CT molecular complexity index is 1110. The molecule has 1 aliphatic heterocycles. The van der Waals surface area contributed by atoms with Gasteiger partial charge in [-0.2, -0.15) is 4.98 Å². The number of carbonyl (C=O) groups is 1. The number of anilines is 1. The molecule has 0 bridgehead atoms. The van der Waals surface area contributed by atoms with E-state index in [1.165, 1.54) is 17.8 Å². The van der Waals surface area contributed by atoms with Crippen LogP contribution in [-0.4, -0.2) is 20.5 Å². The summed E-state index contributed by atoms with van der Waals surface area (Å²) >= 11 is 1.39. The maximum Gasteiger partial charge on any atom is 0.227 e. The largest absolute Gasteiger partial charge is 0.328 e. The van der Waals surface area contributed by atoms with Crippen molar-refractivity contribution in [3.8, 4) is 0 Å². The molecule has 0 saturated carbocycles. The first-order chi connectivity index (χ1) is 14.2. The lowest BCUT2D eigenvalue weighted by atomic mass is 9.85. The van der Waals surface area contributed by atoms with Gasteiger partial charge in [-0.15, -0.1) is 5.10 Å². The van der Waals surface area contributed by atoms with Crippen molar-refractivity contribution < 1.29 is 9.18 Å². The highest BCUT2D eigenvalue weighted by atomic mass is 32.2. The molecule has 0 radical (unpaired) electrons. The molecule has 146 valence electrons. The average Bonchev–Trinajstić information content (AvgIpc) is 3.15. The van der Waals surface area contributed by atoms with Crippen molar-refractivity contribution in [1.82, 2.24) is 14.8 Å². The van der Waals surface area contributed by atoms with Crippen molar-refractivity contribution in [2.45, 2.75) is 36.2 Å². The number of thioether (sulfide) groups is 1. The van der Waals surface area contributed by atoms with Gasteiger partial charge in [0, 0.05) is 23.4 Å². The number of benzene rings is 2. The van der Waals surface area contributed by atoms with E-state index in [4.69, 9.17) is 0 Å². The molecule has 1 aromatic heterocycles. The summed E-state index contributed by atoms with van der Waals surface area (Å²) in [5.41, 5.74) is 3.35. The highest BCUT2D eigenvalue weighted by molar-refractivity contribution is 7.98. The Labute approximate surface area is 172 Å². The maximum atomic E-state index is 13.9. The van der Waals surface area contributed by atoms with E-state index in [1.54, 1.807) is 16.8 Å². The number of ketones is 1. The third kappa shape index (κ3) is 3.35. The van der Waals surface area contributed by atoms with Gasteiger partial charge in [0.15, 0.2) is 5.78 Å². The first-order valence-electron chi connectivity index (χ1n) is 9.61. The van der Waals surface area contributed by atoms with Gasteiger partial charge in [0.05, 0.1) is 0 Å². The Hall–Kier alpha value is -2.93. The number of aromatic nitrogens is 3. The zero-order chi connectivity index (χ0) is 19.8.